The van der Waals surface area contributed by atoms with Gasteiger partial charge in [-0.25, -0.2) is 18.4 Å². The van der Waals surface area contributed by atoms with Crippen molar-refractivity contribution in [3.63, 3.8) is 0 Å². The molecule has 2 aromatic heterocycles. The molecule has 3 aromatic rings. The van der Waals surface area contributed by atoms with E-state index in [9.17, 15) is 8.42 Å². The molecule has 0 bridgehead atoms. The minimum absolute atomic E-state index is 0.395. The maximum Gasteiger partial charge on any atom is 0.255 e. The minimum Gasteiger partial charge on any atom is -0.291 e. The van der Waals surface area contributed by atoms with Gasteiger partial charge in [0.05, 0.1) is 17.3 Å². The van der Waals surface area contributed by atoms with Crippen molar-refractivity contribution in [2.24, 2.45) is 0 Å². The molecule has 0 atom stereocenters. The van der Waals surface area contributed by atoms with Crippen molar-refractivity contribution in [3.8, 4) is 5.82 Å². The molecule has 0 radical (unpaired) electrons. The molecule has 0 unspecified atom stereocenters. The topological polar surface area (TPSA) is 76.9 Å². The number of pyridine rings is 1. The number of nitrogens with one attached hydrogen (secondary N) is 1. The molecule has 0 aliphatic heterocycles. The Morgan fingerprint density at radius 2 is 1.91 bits per heavy atom. The zero-order valence-corrected chi connectivity index (χ0v) is 12.9. The first kappa shape index (κ1) is 15.0. The number of aromatic nitrogens is 3. The van der Waals surface area contributed by atoms with Gasteiger partial charge in [-0.2, -0.15) is 0 Å². The maximum absolute atomic E-state index is 12.0. The fraction of sp³-hybridized carbons (Fsp3) is 0. The highest BCUT2D eigenvalue weighted by molar-refractivity contribution is 7.95. The van der Waals surface area contributed by atoms with Crippen molar-refractivity contribution >= 4 is 21.8 Å². The molecule has 0 saturated carbocycles. The van der Waals surface area contributed by atoms with E-state index in [-0.39, 0.29) is 0 Å². The number of hydrogen-bond donors (Lipinski definition) is 1. The molecule has 23 heavy (non-hydrogen) atoms. The summed E-state index contributed by atoms with van der Waals surface area (Å²) < 4.78 is 28.3. The zero-order chi connectivity index (χ0) is 16.1. The third-order valence-electron chi connectivity index (χ3n) is 3.02. The Bertz CT molecular complexity index is 887. The van der Waals surface area contributed by atoms with E-state index in [0.29, 0.717) is 11.5 Å². The second-order valence-corrected chi connectivity index (χ2v) is 6.30. The van der Waals surface area contributed by atoms with Gasteiger partial charge in [0.2, 0.25) is 0 Å². The smallest absolute Gasteiger partial charge is 0.255 e. The van der Waals surface area contributed by atoms with Gasteiger partial charge in [0.15, 0.2) is 0 Å². The summed E-state index contributed by atoms with van der Waals surface area (Å²) in [5.41, 5.74) is 1.21. The molecule has 3 rings (SSSR count). The van der Waals surface area contributed by atoms with Crippen LogP contribution in [0.3, 0.4) is 0 Å². The lowest BCUT2D eigenvalue weighted by molar-refractivity contribution is 0.609. The fourth-order valence-electron chi connectivity index (χ4n) is 1.92. The van der Waals surface area contributed by atoms with Crippen LogP contribution in [-0.2, 0) is 10.0 Å². The molecule has 116 valence electrons. The van der Waals surface area contributed by atoms with Crippen molar-refractivity contribution in [2.75, 3.05) is 4.72 Å². The molecule has 1 N–H and O–H groups in total. The SMILES string of the molecule is O=S(=O)(/C=C/c1ccccc1)Nc1ccc(-n2ccnc2)nc1. The fourth-order valence-corrected chi connectivity index (χ4v) is 2.78. The number of rotatable bonds is 5. The average molecular weight is 326 g/mol. The predicted octanol–water partition coefficient (Wildman–Crippen LogP) is 2.68. The van der Waals surface area contributed by atoms with Crippen LogP contribution < -0.4 is 4.72 Å². The standard InChI is InChI=1S/C16H14N4O2S/c21-23(22,11-8-14-4-2-1-3-5-14)19-15-6-7-16(18-12-15)20-10-9-17-13-20/h1-13,19H/b11-8+. The summed E-state index contributed by atoms with van der Waals surface area (Å²) in [5, 5.41) is 1.13. The lowest BCUT2D eigenvalue weighted by atomic mass is 10.2. The van der Waals surface area contributed by atoms with Crippen molar-refractivity contribution in [3.05, 3.63) is 78.4 Å². The third-order valence-corrected chi connectivity index (χ3v) is 4.03. The van der Waals surface area contributed by atoms with Crippen molar-refractivity contribution in [1.82, 2.24) is 14.5 Å². The van der Waals surface area contributed by atoms with E-state index in [1.165, 1.54) is 12.3 Å². The van der Waals surface area contributed by atoms with Gasteiger partial charge >= 0.3 is 0 Å². The van der Waals surface area contributed by atoms with E-state index in [0.717, 1.165) is 11.0 Å². The van der Waals surface area contributed by atoms with Crippen LogP contribution in [0, 0.1) is 0 Å². The summed E-state index contributed by atoms with van der Waals surface area (Å²) in [6.07, 6.45) is 8.02. The highest BCUT2D eigenvalue weighted by Gasteiger charge is 2.06. The van der Waals surface area contributed by atoms with Crippen LogP contribution in [0.25, 0.3) is 11.9 Å². The molecule has 0 aliphatic rings. The Balaban J connectivity index is 1.72. The molecule has 0 aliphatic carbocycles. The van der Waals surface area contributed by atoms with Crippen LogP contribution in [0.1, 0.15) is 5.56 Å². The molecule has 0 saturated heterocycles. The quantitative estimate of drug-likeness (QED) is 0.782. The highest BCUT2D eigenvalue weighted by atomic mass is 32.2. The second kappa shape index (κ2) is 6.45. The summed E-state index contributed by atoms with van der Waals surface area (Å²) in [4.78, 5) is 8.13. The van der Waals surface area contributed by atoms with Crippen LogP contribution in [0.15, 0.2) is 72.8 Å². The Kier molecular flexibility index (Phi) is 4.20. The highest BCUT2D eigenvalue weighted by Crippen LogP contribution is 2.12. The van der Waals surface area contributed by atoms with Crippen molar-refractivity contribution in [2.45, 2.75) is 0 Å². The van der Waals surface area contributed by atoms with Gasteiger partial charge in [-0.05, 0) is 23.8 Å². The molecular weight excluding hydrogens is 312 g/mol. The molecule has 1 aromatic carbocycles. The Morgan fingerprint density at radius 3 is 2.57 bits per heavy atom. The lowest BCUT2D eigenvalue weighted by Crippen LogP contribution is -2.09. The Labute approximate surface area is 134 Å². The van der Waals surface area contributed by atoms with Gasteiger partial charge in [-0.1, -0.05) is 30.3 Å². The molecule has 0 amide bonds. The number of sulfonamides is 1. The Morgan fingerprint density at radius 1 is 1.09 bits per heavy atom. The monoisotopic (exact) mass is 326 g/mol. The van der Waals surface area contributed by atoms with Gasteiger partial charge in [-0.15, -0.1) is 0 Å². The average Bonchev–Trinajstić information content (AvgIpc) is 3.09. The molecular formula is C16H14N4O2S. The minimum atomic E-state index is -3.59. The van der Waals surface area contributed by atoms with Crippen molar-refractivity contribution in [1.29, 1.82) is 0 Å². The van der Waals surface area contributed by atoms with Gasteiger partial charge in [-0.3, -0.25) is 9.29 Å². The first-order valence-electron chi connectivity index (χ1n) is 6.83. The number of nitrogens with zero attached hydrogens (tertiary/aromatic N) is 3. The van der Waals surface area contributed by atoms with Gasteiger partial charge in [0.1, 0.15) is 12.1 Å². The van der Waals surface area contributed by atoms with Crippen molar-refractivity contribution < 1.29 is 8.42 Å². The van der Waals surface area contributed by atoms with Gasteiger partial charge in [0, 0.05) is 12.4 Å². The summed E-state index contributed by atoms with van der Waals surface area (Å²) in [7, 11) is -3.59. The normalized spacial score (nSPS) is 11.7. The lowest BCUT2D eigenvalue weighted by Gasteiger charge is -2.05. The zero-order valence-electron chi connectivity index (χ0n) is 12.1. The van der Waals surface area contributed by atoms with E-state index < -0.39 is 10.0 Å². The third kappa shape index (κ3) is 4.04. The van der Waals surface area contributed by atoms with Crippen LogP contribution in [0.2, 0.25) is 0 Å². The molecule has 0 spiro atoms. The van der Waals surface area contributed by atoms with Crippen LogP contribution in [-0.4, -0.2) is 23.0 Å². The van der Waals surface area contributed by atoms with Gasteiger partial charge < -0.3 is 0 Å². The van der Waals surface area contributed by atoms with E-state index >= 15 is 0 Å². The second-order valence-electron chi connectivity index (χ2n) is 4.74. The van der Waals surface area contributed by atoms with Crippen LogP contribution in [0.5, 0.6) is 0 Å². The first-order valence-corrected chi connectivity index (χ1v) is 8.37. The number of hydrogen-bond acceptors (Lipinski definition) is 4. The summed E-state index contributed by atoms with van der Waals surface area (Å²) in [6, 6.07) is 12.6. The summed E-state index contributed by atoms with van der Waals surface area (Å²) in [5.74, 6) is 0.658. The van der Waals surface area contributed by atoms with E-state index in [4.69, 9.17) is 0 Å². The summed E-state index contributed by atoms with van der Waals surface area (Å²) >= 11 is 0. The number of imidazole rings is 1. The number of benzene rings is 1. The molecule has 6 nitrogen and oxygen atoms in total. The predicted molar refractivity (Wildman–Crippen MR) is 89.4 cm³/mol. The maximum atomic E-state index is 12.0. The van der Waals surface area contributed by atoms with Gasteiger partial charge in [0.25, 0.3) is 10.0 Å². The van der Waals surface area contributed by atoms with E-state index in [2.05, 4.69) is 14.7 Å². The largest absolute Gasteiger partial charge is 0.291 e. The van der Waals surface area contributed by atoms with E-state index in [1.807, 2.05) is 30.3 Å². The molecule has 0 fully saturated rings. The number of anilines is 1. The van der Waals surface area contributed by atoms with Crippen LogP contribution in [0.4, 0.5) is 5.69 Å². The van der Waals surface area contributed by atoms with Crippen LogP contribution >= 0.6 is 0 Å². The molecule has 2 heterocycles. The first-order chi connectivity index (χ1) is 11.1. The summed E-state index contributed by atoms with van der Waals surface area (Å²) in [6.45, 7) is 0. The Hall–Kier alpha value is -2.93. The molecule has 7 heteroatoms. The van der Waals surface area contributed by atoms with E-state index in [1.54, 1.807) is 35.4 Å².